The predicted molar refractivity (Wildman–Crippen MR) is 145 cm³/mol. The lowest BCUT2D eigenvalue weighted by molar-refractivity contribution is -0.384. The van der Waals surface area contributed by atoms with Gasteiger partial charge in [-0.15, -0.1) is 0 Å². The summed E-state index contributed by atoms with van der Waals surface area (Å²) < 4.78 is 29.2. The summed E-state index contributed by atoms with van der Waals surface area (Å²) in [4.78, 5) is 23.4. The number of anilines is 1. The first kappa shape index (κ1) is 26.7. The largest absolute Gasteiger partial charge is 0.309 e. The van der Waals surface area contributed by atoms with Crippen LogP contribution in [-0.2, 0) is 14.8 Å². The lowest BCUT2D eigenvalue weighted by atomic mass is 10.1. The van der Waals surface area contributed by atoms with Crippen LogP contribution in [0.15, 0.2) is 89.8 Å². The van der Waals surface area contributed by atoms with Crippen LogP contribution >= 0.6 is 0 Å². The molecule has 0 saturated heterocycles. The zero-order valence-corrected chi connectivity index (χ0v) is 21.8. The van der Waals surface area contributed by atoms with Crippen molar-refractivity contribution in [3.8, 4) is 16.9 Å². The van der Waals surface area contributed by atoms with E-state index in [1.54, 1.807) is 17.7 Å². The molecular formula is C27H27N5O5S. The molecule has 1 N–H and O–H groups in total. The van der Waals surface area contributed by atoms with E-state index >= 15 is 0 Å². The average molecular weight is 534 g/mol. The molecule has 0 unspecified atom stereocenters. The fraction of sp³-hybridized carbons (Fsp3) is 0.185. The number of benzene rings is 3. The van der Waals surface area contributed by atoms with Crippen molar-refractivity contribution in [1.82, 2.24) is 14.1 Å². The van der Waals surface area contributed by atoms with Gasteiger partial charge in [0.25, 0.3) is 5.69 Å². The van der Waals surface area contributed by atoms with E-state index in [-0.39, 0.29) is 17.1 Å². The van der Waals surface area contributed by atoms with Gasteiger partial charge in [0, 0.05) is 30.3 Å². The number of nitrogens with zero attached hydrogens (tertiary/aromatic N) is 4. The van der Waals surface area contributed by atoms with E-state index in [0.29, 0.717) is 17.9 Å². The molecule has 0 radical (unpaired) electrons. The highest BCUT2D eigenvalue weighted by Crippen LogP contribution is 2.25. The number of aromatic nitrogens is 2. The molecule has 0 saturated carbocycles. The van der Waals surface area contributed by atoms with Crippen LogP contribution < -0.4 is 5.32 Å². The van der Waals surface area contributed by atoms with Crippen LogP contribution in [0, 0.1) is 17.0 Å². The van der Waals surface area contributed by atoms with Crippen LogP contribution in [0.5, 0.6) is 0 Å². The van der Waals surface area contributed by atoms with Crippen molar-refractivity contribution in [2.45, 2.75) is 25.2 Å². The molecule has 38 heavy (non-hydrogen) atoms. The Morgan fingerprint density at radius 2 is 1.68 bits per heavy atom. The number of nitro groups is 1. The molecule has 3 aromatic carbocycles. The Kier molecular flexibility index (Phi) is 7.99. The van der Waals surface area contributed by atoms with Crippen molar-refractivity contribution in [3.05, 3.63) is 101 Å². The number of non-ortho nitro benzene ring substituents is 1. The Morgan fingerprint density at radius 3 is 2.29 bits per heavy atom. The van der Waals surface area contributed by atoms with Crippen LogP contribution in [0.4, 0.5) is 11.5 Å². The Hall–Kier alpha value is -4.35. The van der Waals surface area contributed by atoms with Gasteiger partial charge in [-0.05, 0) is 37.6 Å². The van der Waals surface area contributed by atoms with Crippen molar-refractivity contribution in [1.29, 1.82) is 0 Å². The Balaban J connectivity index is 1.61. The second-order valence-corrected chi connectivity index (χ2v) is 10.6. The number of carbonyl (C=O) groups is 1. The van der Waals surface area contributed by atoms with Gasteiger partial charge >= 0.3 is 0 Å². The maximum atomic E-state index is 13.3. The Bertz CT molecular complexity index is 1530. The molecule has 1 aromatic heterocycles. The highest BCUT2D eigenvalue weighted by atomic mass is 32.2. The molecular weight excluding hydrogens is 506 g/mol. The number of nitrogens with one attached hydrogen (secondary N) is 1. The van der Waals surface area contributed by atoms with E-state index in [9.17, 15) is 23.3 Å². The number of aryl methyl sites for hydroxylation is 1. The molecule has 0 fully saturated rings. The lowest BCUT2D eigenvalue weighted by Gasteiger charge is -2.21. The van der Waals surface area contributed by atoms with Crippen molar-refractivity contribution in [3.63, 3.8) is 0 Å². The first-order chi connectivity index (χ1) is 18.2. The van der Waals surface area contributed by atoms with Crippen molar-refractivity contribution in [2.75, 3.05) is 18.4 Å². The average Bonchev–Trinajstić information content (AvgIpc) is 3.33. The van der Waals surface area contributed by atoms with Gasteiger partial charge in [0.15, 0.2) is 0 Å². The summed E-state index contributed by atoms with van der Waals surface area (Å²) in [6.45, 7) is 3.43. The number of hydrogen-bond donors (Lipinski definition) is 1. The smallest absolute Gasteiger partial charge is 0.269 e. The molecule has 0 aliphatic carbocycles. The third-order valence-corrected chi connectivity index (χ3v) is 7.66. The zero-order chi connectivity index (χ0) is 27.3. The predicted octanol–water partition coefficient (Wildman–Crippen LogP) is 4.80. The maximum absolute atomic E-state index is 13.3. The van der Waals surface area contributed by atoms with E-state index in [2.05, 4.69) is 10.4 Å². The third kappa shape index (κ3) is 5.96. The Labute approximate surface area is 220 Å². The van der Waals surface area contributed by atoms with Gasteiger partial charge in [0.1, 0.15) is 5.82 Å². The van der Waals surface area contributed by atoms with Crippen LogP contribution in [0.25, 0.3) is 16.9 Å². The minimum absolute atomic E-state index is 0.0965. The van der Waals surface area contributed by atoms with Gasteiger partial charge in [-0.25, -0.2) is 13.1 Å². The molecule has 0 aliphatic rings. The van der Waals surface area contributed by atoms with Crippen LogP contribution in [-0.4, -0.2) is 46.4 Å². The second-order valence-electron chi connectivity index (χ2n) is 8.67. The third-order valence-electron chi connectivity index (χ3n) is 5.80. The van der Waals surface area contributed by atoms with Crippen molar-refractivity contribution >= 4 is 27.4 Å². The summed E-state index contributed by atoms with van der Waals surface area (Å²) in [5.41, 5.74) is 3.09. The first-order valence-electron chi connectivity index (χ1n) is 12.0. The summed E-state index contributed by atoms with van der Waals surface area (Å²) in [7, 11) is -4.07. The van der Waals surface area contributed by atoms with Crippen LogP contribution in [0.2, 0.25) is 0 Å². The number of hydrogen-bond acceptors (Lipinski definition) is 6. The first-order valence-corrected chi connectivity index (χ1v) is 13.4. The summed E-state index contributed by atoms with van der Waals surface area (Å²) in [5.74, 6) is -0.154. The molecule has 0 aliphatic heterocycles. The van der Waals surface area contributed by atoms with Crippen LogP contribution in [0.1, 0.15) is 18.9 Å². The number of sulfonamides is 1. The minimum atomic E-state index is -4.07. The standard InChI is InChI=1S/C27H27N5O5S/c1-3-17-30(38(36,37)24-15-13-23(14-16-24)32(34)35)19-27(33)28-26-18-25(21-7-5-4-6-8-21)29-31(26)22-11-9-20(2)10-12-22/h4-16,18H,3,17,19H2,1-2H3,(H,28,33). The number of rotatable bonds is 10. The molecule has 11 heteroatoms. The van der Waals surface area contributed by atoms with E-state index in [0.717, 1.165) is 33.3 Å². The molecule has 0 bridgehead atoms. The quantitative estimate of drug-likeness (QED) is 0.231. The SMILES string of the molecule is CCCN(CC(=O)Nc1cc(-c2ccccc2)nn1-c1ccc(C)cc1)S(=O)(=O)c1ccc([N+](=O)[O-])cc1. The van der Waals surface area contributed by atoms with E-state index in [4.69, 9.17) is 0 Å². The van der Waals surface area contributed by atoms with Gasteiger partial charge < -0.3 is 5.32 Å². The van der Waals surface area contributed by atoms with Crippen molar-refractivity contribution < 1.29 is 18.1 Å². The topological polar surface area (TPSA) is 127 Å². The van der Waals surface area contributed by atoms with E-state index in [1.807, 2.05) is 61.5 Å². The molecule has 1 amide bonds. The normalized spacial score (nSPS) is 11.4. The number of carbonyl (C=O) groups excluding carboxylic acids is 1. The lowest BCUT2D eigenvalue weighted by Crippen LogP contribution is -2.38. The summed E-state index contributed by atoms with van der Waals surface area (Å²) in [5, 5.41) is 18.4. The molecule has 4 rings (SSSR count). The summed E-state index contributed by atoms with van der Waals surface area (Å²) in [6, 6.07) is 23.5. The minimum Gasteiger partial charge on any atom is -0.309 e. The van der Waals surface area contributed by atoms with E-state index in [1.165, 1.54) is 12.1 Å². The van der Waals surface area contributed by atoms with Crippen LogP contribution in [0.3, 0.4) is 0 Å². The summed E-state index contributed by atoms with van der Waals surface area (Å²) in [6.07, 6.45) is 0.471. The Morgan fingerprint density at radius 1 is 1.03 bits per heavy atom. The molecule has 1 heterocycles. The van der Waals surface area contributed by atoms with Gasteiger partial charge in [-0.3, -0.25) is 14.9 Å². The molecule has 0 spiro atoms. The van der Waals surface area contributed by atoms with E-state index < -0.39 is 27.4 Å². The zero-order valence-electron chi connectivity index (χ0n) is 20.9. The fourth-order valence-corrected chi connectivity index (χ4v) is 5.36. The monoisotopic (exact) mass is 533 g/mol. The molecule has 4 aromatic rings. The molecule has 196 valence electrons. The fourth-order valence-electron chi connectivity index (χ4n) is 3.87. The highest BCUT2D eigenvalue weighted by molar-refractivity contribution is 7.89. The number of amides is 1. The van der Waals surface area contributed by atoms with Gasteiger partial charge in [0.05, 0.1) is 27.7 Å². The molecule has 10 nitrogen and oxygen atoms in total. The molecule has 0 atom stereocenters. The second kappa shape index (κ2) is 11.4. The van der Waals surface area contributed by atoms with Gasteiger partial charge in [0.2, 0.25) is 15.9 Å². The van der Waals surface area contributed by atoms with Gasteiger partial charge in [-0.1, -0.05) is 55.0 Å². The van der Waals surface area contributed by atoms with Gasteiger partial charge in [-0.2, -0.15) is 9.40 Å². The van der Waals surface area contributed by atoms with Crippen molar-refractivity contribution in [2.24, 2.45) is 0 Å². The highest BCUT2D eigenvalue weighted by Gasteiger charge is 2.27. The summed E-state index contributed by atoms with van der Waals surface area (Å²) >= 11 is 0. The maximum Gasteiger partial charge on any atom is 0.269 e. The number of nitro benzene ring substituents is 1.